The van der Waals surface area contributed by atoms with Gasteiger partial charge >= 0.3 is 5.97 Å². The molecule has 1 aliphatic heterocycles. The second-order valence-electron chi connectivity index (χ2n) is 8.80. The Bertz CT molecular complexity index is 1320. The molecular weight excluding hydrogens is 510 g/mol. The molecule has 1 aromatic heterocycles. The minimum absolute atomic E-state index is 0.0228. The molecule has 11 nitrogen and oxygen atoms in total. The molecule has 0 radical (unpaired) electrons. The Morgan fingerprint density at radius 2 is 1.76 bits per heavy atom. The highest BCUT2D eigenvalue weighted by Gasteiger charge is 2.26. The molecule has 200 valence electrons. The van der Waals surface area contributed by atoms with Gasteiger partial charge < -0.3 is 29.4 Å². The van der Waals surface area contributed by atoms with Crippen LogP contribution in [0.1, 0.15) is 53.4 Å². The van der Waals surface area contributed by atoms with Crippen LogP contribution in [0.2, 0.25) is 0 Å². The summed E-state index contributed by atoms with van der Waals surface area (Å²) in [4.78, 5) is 37.2. The van der Waals surface area contributed by atoms with Gasteiger partial charge in [-0.1, -0.05) is 25.6 Å². The topological polar surface area (TPSA) is 134 Å². The van der Waals surface area contributed by atoms with E-state index in [1.54, 1.807) is 61.0 Å². The van der Waals surface area contributed by atoms with Crippen LogP contribution in [0.5, 0.6) is 11.5 Å². The van der Waals surface area contributed by atoms with Crippen molar-refractivity contribution in [2.75, 3.05) is 24.5 Å². The van der Waals surface area contributed by atoms with E-state index in [9.17, 15) is 14.4 Å². The van der Waals surface area contributed by atoms with Gasteiger partial charge in [-0.2, -0.15) is 0 Å². The maximum atomic E-state index is 13.0. The van der Waals surface area contributed by atoms with E-state index >= 15 is 0 Å². The lowest BCUT2D eigenvalue weighted by atomic mass is 10.0. The first-order chi connectivity index (χ1) is 18.3. The van der Waals surface area contributed by atoms with Crippen LogP contribution in [-0.4, -0.2) is 51.7 Å². The van der Waals surface area contributed by atoms with Crippen molar-refractivity contribution >= 4 is 35.2 Å². The summed E-state index contributed by atoms with van der Waals surface area (Å²) in [6, 6.07) is 11.1. The van der Waals surface area contributed by atoms with Crippen LogP contribution in [0.3, 0.4) is 0 Å². The summed E-state index contributed by atoms with van der Waals surface area (Å²) < 4.78 is 17.4. The van der Waals surface area contributed by atoms with Gasteiger partial charge in [0.15, 0.2) is 22.5 Å². The van der Waals surface area contributed by atoms with E-state index in [-0.39, 0.29) is 30.3 Å². The summed E-state index contributed by atoms with van der Waals surface area (Å²) in [5.41, 5.74) is 1.42. The maximum Gasteiger partial charge on any atom is 0.338 e. The molecule has 2 N–H and O–H groups in total. The lowest BCUT2D eigenvalue weighted by Crippen LogP contribution is -2.33. The lowest BCUT2D eigenvalue weighted by Gasteiger charge is -2.21. The predicted molar refractivity (Wildman–Crippen MR) is 140 cm³/mol. The fourth-order valence-electron chi connectivity index (χ4n) is 3.75. The fourth-order valence-corrected chi connectivity index (χ4v) is 4.46. The third-order valence-corrected chi connectivity index (χ3v) is 6.77. The zero-order chi connectivity index (χ0) is 27.2. The van der Waals surface area contributed by atoms with Crippen molar-refractivity contribution < 1.29 is 28.6 Å². The van der Waals surface area contributed by atoms with Crippen LogP contribution in [-0.2, 0) is 16.6 Å². The van der Waals surface area contributed by atoms with Crippen LogP contribution in [0.25, 0.3) is 0 Å². The summed E-state index contributed by atoms with van der Waals surface area (Å²) in [6.07, 6.45) is 0. The van der Waals surface area contributed by atoms with E-state index in [1.165, 1.54) is 11.8 Å². The van der Waals surface area contributed by atoms with Gasteiger partial charge in [0.2, 0.25) is 12.7 Å². The number of fused-ring (bicyclic) bond motifs is 1. The first kappa shape index (κ1) is 27.0. The molecule has 0 saturated heterocycles. The van der Waals surface area contributed by atoms with Gasteiger partial charge in [0, 0.05) is 18.3 Å². The van der Waals surface area contributed by atoms with Crippen molar-refractivity contribution in [3.63, 3.8) is 0 Å². The van der Waals surface area contributed by atoms with Crippen LogP contribution in [0.15, 0.2) is 47.6 Å². The van der Waals surface area contributed by atoms with Crippen LogP contribution < -0.4 is 20.1 Å². The highest BCUT2D eigenvalue weighted by atomic mass is 32.2. The van der Waals surface area contributed by atoms with Gasteiger partial charge in [-0.3, -0.25) is 9.59 Å². The molecule has 2 aromatic carbocycles. The van der Waals surface area contributed by atoms with E-state index in [2.05, 4.69) is 20.8 Å². The van der Waals surface area contributed by atoms with Crippen LogP contribution in [0.4, 0.5) is 5.69 Å². The Kier molecular flexibility index (Phi) is 8.52. The zero-order valence-corrected chi connectivity index (χ0v) is 22.3. The molecule has 3 aromatic rings. The van der Waals surface area contributed by atoms with Gasteiger partial charge in [0.1, 0.15) is 0 Å². The van der Waals surface area contributed by atoms with Crippen LogP contribution in [0, 0.1) is 5.92 Å². The molecule has 0 spiro atoms. The summed E-state index contributed by atoms with van der Waals surface area (Å²) >= 11 is 1.23. The molecular formula is C26H29N5O6S. The number of amides is 2. The van der Waals surface area contributed by atoms with Gasteiger partial charge in [-0.05, 0) is 55.3 Å². The average molecular weight is 540 g/mol. The Morgan fingerprint density at radius 3 is 2.47 bits per heavy atom. The zero-order valence-electron chi connectivity index (χ0n) is 21.5. The summed E-state index contributed by atoms with van der Waals surface area (Å²) in [5.74, 6) is 0.917. The molecule has 38 heavy (non-hydrogen) atoms. The number of anilines is 1. The molecule has 1 unspecified atom stereocenters. The third kappa shape index (κ3) is 6.25. The maximum absolute atomic E-state index is 13.0. The highest BCUT2D eigenvalue weighted by molar-refractivity contribution is 7.99. The number of thioether (sulfide) groups is 1. The third-order valence-electron chi connectivity index (χ3n) is 5.75. The van der Waals surface area contributed by atoms with E-state index in [4.69, 9.17) is 14.2 Å². The predicted octanol–water partition coefficient (Wildman–Crippen LogP) is 3.58. The van der Waals surface area contributed by atoms with Crippen molar-refractivity contribution in [2.45, 2.75) is 32.0 Å². The minimum Gasteiger partial charge on any atom is -0.462 e. The molecule has 1 aliphatic rings. The number of rotatable bonds is 10. The average Bonchev–Trinajstić information content (AvgIpc) is 3.52. The van der Waals surface area contributed by atoms with Crippen LogP contribution >= 0.6 is 11.8 Å². The number of aromatic nitrogens is 3. The number of nitrogens with one attached hydrogen (secondary N) is 2. The number of nitrogens with zero attached hydrogens (tertiary/aromatic N) is 3. The molecule has 2 heterocycles. The van der Waals surface area contributed by atoms with Crippen molar-refractivity contribution in [1.29, 1.82) is 0 Å². The number of ether oxygens (including phenoxy) is 3. The molecule has 0 aliphatic carbocycles. The van der Waals surface area contributed by atoms with E-state index in [0.717, 1.165) is 0 Å². The summed E-state index contributed by atoms with van der Waals surface area (Å²) in [6.45, 7) is 6.13. The smallest absolute Gasteiger partial charge is 0.338 e. The Balaban J connectivity index is 1.36. The Hall–Kier alpha value is -4.06. The quantitative estimate of drug-likeness (QED) is 0.293. The highest BCUT2D eigenvalue weighted by Crippen LogP contribution is 2.33. The van der Waals surface area contributed by atoms with Gasteiger partial charge in [-0.15, -0.1) is 10.2 Å². The summed E-state index contributed by atoms with van der Waals surface area (Å²) in [7, 11) is 1.80. The molecule has 0 saturated carbocycles. The monoisotopic (exact) mass is 539 g/mol. The van der Waals surface area contributed by atoms with E-state index < -0.39 is 12.0 Å². The van der Waals surface area contributed by atoms with Crippen molar-refractivity contribution in [1.82, 2.24) is 20.1 Å². The number of carbonyl (C=O) groups excluding carboxylic acids is 3. The molecule has 4 rings (SSSR count). The van der Waals surface area contributed by atoms with Gasteiger partial charge in [0.25, 0.3) is 5.91 Å². The molecule has 0 bridgehead atoms. The normalized spacial score (nSPS) is 12.8. The number of hydrogen-bond acceptors (Lipinski definition) is 9. The molecule has 0 fully saturated rings. The number of hydrogen-bond donors (Lipinski definition) is 2. The standard InChI is InChI=1S/C26H29N5O6S/c1-5-35-25(34)16-6-9-18(10-7-16)27-21(32)13-38-26-30-29-23(31(26)4)22(15(2)3)28-24(33)17-8-11-19-20(12-17)37-14-36-19/h6-12,15,22H,5,13-14H2,1-4H3,(H,27,32)(H,28,33). The summed E-state index contributed by atoms with van der Waals surface area (Å²) in [5, 5.41) is 14.9. The fraction of sp³-hybridized carbons (Fsp3) is 0.346. The number of benzene rings is 2. The van der Waals surface area contributed by atoms with E-state index in [0.29, 0.717) is 45.9 Å². The second kappa shape index (κ2) is 12.0. The molecule has 2 amide bonds. The lowest BCUT2D eigenvalue weighted by molar-refractivity contribution is -0.113. The SMILES string of the molecule is CCOC(=O)c1ccc(NC(=O)CSc2nnc(C(NC(=O)c3ccc4c(c3)OCO4)C(C)C)n2C)cc1. The second-order valence-corrected chi connectivity index (χ2v) is 9.74. The van der Waals surface area contributed by atoms with Crippen molar-refractivity contribution in [2.24, 2.45) is 13.0 Å². The largest absolute Gasteiger partial charge is 0.462 e. The first-order valence-electron chi connectivity index (χ1n) is 12.1. The molecule has 12 heteroatoms. The number of esters is 1. The van der Waals surface area contributed by atoms with E-state index in [1.807, 2.05) is 13.8 Å². The molecule has 1 atom stereocenters. The van der Waals surface area contributed by atoms with Crippen molar-refractivity contribution in [3.05, 3.63) is 59.4 Å². The van der Waals surface area contributed by atoms with Crippen molar-refractivity contribution in [3.8, 4) is 11.5 Å². The first-order valence-corrected chi connectivity index (χ1v) is 13.0. The minimum atomic E-state index is -0.411. The Morgan fingerprint density at radius 1 is 1.05 bits per heavy atom. The number of carbonyl (C=O) groups is 3. The Labute approximate surface area is 224 Å². The van der Waals surface area contributed by atoms with Gasteiger partial charge in [0.05, 0.1) is 24.0 Å². The van der Waals surface area contributed by atoms with Gasteiger partial charge in [-0.25, -0.2) is 4.79 Å².